The summed E-state index contributed by atoms with van der Waals surface area (Å²) in [7, 11) is 0. The molecule has 3 N–H and O–H groups in total. The zero-order chi connectivity index (χ0) is 10.4. The molecule has 3 heteroatoms. The lowest BCUT2D eigenvalue weighted by molar-refractivity contribution is -0.113. The number of hydrogen-bond donors (Lipinski definition) is 2. The van der Waals surface area contributed by atoms with Crippen molar-refractivity contribution in [3.8, 4) is 0 Å². The Kier molecular flexibility index (Phi) is 3.73. The van der Waals surface area contributed by atoms with Crippen molar-refractivity contribution in [1.82, 2.24) is 5.32 Å². The maximum atomic E-state index is 10.5. The van der Waals surface area contributed by atoms with Crippen molar-refractivity contribution in [1.29, 1.82) is 0 Å². The van der Waals surface area contributed by atoms with Crippen LogP contribution in [0.5, 0.6) is 0 Å². The summed E-state index contributed by atoms with van der Waals surface area (Å²) < 4.78 is 0. The number of carbonyl (C=O) groups excluding carboxylic acids is 1. The second-order valence-corrected chi connectivity index (χ2v) is 3.07. The lowest BCUT2D eigenvalue weighted by Gasteiger charge is -2.05. The first kappa shape index (κ1) is 10.3. The van der Waals surface area contributed by atoms with E-state index in [2.05, 4.69) is 5.32 Å². The van der Waals surface area contributed by atoms with Crippen molar-refractivity contribution >= 4 is 5.91 Å². The van der Waals surface area contributed by atoms with Gasteiger partial charge in [-0.1, -0.05) is 30.3 Å². The third-order valence-corrected chi connectivity index (χ3v) is 1.77. The van der Waals surface area contributed by atoms with E-state index < -0.39 is 5.91 Å². The quantitative estimate of drug-likeness (QED) is 0.700. The van der Waals surface area contributed by atoms with Crippen LogP contribution >= 0.6 is 0 Å². The standard InChI is InChI=1S/C11H14N2O/c1-9(7-11(12)14)13-8-10-5-3-2-4-6-10/h2-7,13H,8H2,1H3,(H2,12,14)/b9-7-. The minimum Gasteiger partial charge on any atom is -0.384 e. The van der Waals surface area contributed by atoms with Gasteiger partial charge in [-0.3, -0.25) is 4.79 Å². The highest BCUT2D eigenvalue weighted by Crippen LogP contribution is 1.98. The summed E-state index contributed by atoms with van der Waals surface area (Å²) >= 11 is 0. The van der Waals surface area contributed by atoms with Crippen LogP contribution in [0.2, 0.25) is 0 Å². The highest BCUT2D eigenvalue weighted by atomic mass is 16.1. The third kappa shape index (κ3) is 3.76. The Morgan fingerprint density at radius 3 is 2.64 bits per heavy atom. The van der Waals surface area contributed by atoms with E-state index in [4.69, 9.17) is 5.73 Å². The van der Waals surface area contributed by atoms with Gasteiger partial charge in [-0.15, -0.1) is 0 Å². The number of hydrogen-bond acceptors (Lipinski definition) is 2. The minimum absolute atomic E-state index is 0.428. The van der Waals surface area contributed by atoms with Crippen molar-refractivity contribution in [3.63, 3.8) is 0 Å². The first-order valence-corrected chi connectivity index (χ1v) is 4.44. The molecule has 0 saturated carbocycles. The minimum atomic E-state index is -0.428. The topological polar surface area (TPSA) is 55.1 Å². The van der Waals surface area contributed by atoms with Crippen LogP contribution < -0.4 is 11.1 Å². The molecule has 0 aromatic heterocycles. The molecule has 0 atom stereocenters. The summed E-state index contributed by atoms with van der Waals surface area (Å²) in [6.07, 6.45) is 1.38. The number of rotatable bonds is 4. The normalized spacial score (nSPS) is 11.1. The molecule has 0 radical (unpaired) electrons. The fourth-order valence-electron chi connectivity index (χ4n) is 1.10. The van der Waals surface area contributed by atoms with E-state index in [9.17, 15) is 4.79 Å². The summed E-state index contributed by atoms with van der Waals surface area (Å²) in [5.74, 6) is -0.428. The maximum absolute atomic E-state index is 10.5. The van der Waals surface area contributed by atoms with Crippen LogP contribution in [0.25, 0.3) is 0 Å². The molecule has 1 aromatic carbocycles. The van der Waals surface area contributed by atoms with Crippen LogP contribution in [0.15, 0.2) is 42.1 Å². The first-order valence-electron chi connectivity index (χ1n) is 4.44. The molecule has 0 aliphatic carbocycles. The number of benzene rings is 1. The number of amides is 1. The van der Waals surface area contributed by atoms with Crippen LogP contribution in [-0.2, 0) is 11.3 Å². The number of carbonyl (C=O) groups is 1. The van der Waals surface area contributed by atoms with Gasteiger partial charge < -0.3 is 11.1 Å². The third-order valence-electron chi connectivity index (χ3n) is 1.77. The van der Waals surface area contributed by atoms with Gasteiger partial charge in [0, 0.05) is 18.3 Å². The van der Waals surface area contributed by atoms with Gasteiger partial charge in [0.05, 0.1) is 0 Å². The monoisotopic (exact) mass is 190 g/mol. The Morgan fingerprint density at radius 2 is 2.07 bits per heavy atom. The molecular weight excluding hydrogens is 176 g/mol. The highest BCUT2D eigenvalue weighted by molar-refractivity contribution is 5.86. The van der Waals surface area contributed by atoms with Gasteiger partial charge in [-0.25, -0.2) is 0 Å². The summed E-state index contributed by atoms with van der Waals surface area (Å²) in [5.41, 5.74) is 6.96. The summed E-state index contributed by atoms with van der Waals surface area (Å²) in [4.78, 5) is 10.5. The molecule has 0 saturated heterocycles. The second-order valence-electron chi connectivity index (χ2n) is 3.07. The number of nitrogens with two attached hydrogens (primary N) is 1. The highest BCUT2D eigenvalue weighted by Gasteiger charge is 1.92. The van der Waals surface area contributed by atoms with E-state index in [1.54, 1.807) is 0 Å². The fourth-order valence-corrected chi connectivity index (χ4v) is 1.10. The summed E-state index contributed by atoms with van der Waals surface area (Å²) in [6, 6.07) is 9.96. The van der Waals surface area contributed by atoms with Gasteiger partial charge in [-0.2, -0.15) is 0 Å². The number of primary amides is 1. The van der Waals surface area contributed by atoms with E-state index in [0.717, 1.165) is 5.70 Å². The van der Waals surface area contributed by atoms with Gasteiger partial charge in [0.2, 0.25) is 5.91 Å². The molecule has 0 fully saturated rings. The van der Waals surface area contributed by atoms with E-state index >= 15 is 0 Å². The molecule has 0 bridgehead atoms. The average molecular weight is 190 g/mol. The Labute approximate surface area is 83.6 Å². The molecule has 74 valence electrons. The predicted molar refractivity (Wildman–Crippen MR) is 56.2 cm³/mol. The van der Waals surface area contributed by atoms with Crippen LogP contribution in [0, 0.1) is 0 Å². The van der Waals surface area contributed by atoms with E-state index in [1.807, 2.05) is 37.3 Å². The zero-order valence-electron chi connectivity index (χ0n) is 8.16. The molecule has 3 nitrogen and oxygen atoms in total. The maximum Gasteiger partial charge on any atom is 0.243 e. The molecule has 0 unspecified atom stereocenters. The molecule has 0 heterocycles. The van der Waals surface area contributed by atoms with Crippen molar-refractivity contribution in [2.45, 2.75) is 13.5 Å². The average Bonchev–Trinajstić information content (AvgIpc) is 2.15. The molecule has 0 spiro atoms. The fraction of sp³-hybridized carbons (Fsp3) is 0.182. The van der Waals surface area contributed by atoms with Crippen LogP contribution in [0.3, 0.4) is 0 Å². The summed E-state index contributed by atoms with van der Waals surface area (Å²) in [5, 5.41) is 3.09. The zero-order valence-corrected chi connectivity index (χ0v) is 8.16. The van der Waals surface area contributed by atoms with Crippen LogP contribution in [-0.4, -0.2) is 5.91 Å². The molecule has 1 rings (SSSR count). The lowest BCUT2D eigenvalue weighted by Crippen LogP contribution is -2.14. The van der Waals surface area contributed by atoms with Crippen molar-refractivity contribution in [2.75, 3.05) is 0 Å². The van der Waals surface area contributed by atoms with E-state index in [0.29, 0.717) is 6.54 Å². The molecular formula is C11H14N2O. The molecule has 1 amide bonds. The SMILES string of the molecule is C/C(=C/C(N)=O)NCc1ccccc1. The first-order chi connectivity index (χ1) is 6.68. The molecule has 1 aromatic rings. The van der Waals surface area contributed by atoms with Gasteiger partial charge in [-0.05, 0) is 12.5 Å². The van der Waals surface area contributed by atoms with E-state index in [1.165, 1.54) is 11.6 Å². The van der Waals surface area contributed by atoms with Crippen LogP contribution in [0.1, 0.15) is 12.5 Å². The number of nitrogens with one attached hydrogen (secondary N) is 1. The van der Waals surface area contributed by atoms with E-state index in [-0.39, 0.29) is 0 Å². The van der Waals surface area contributed by atoms with Gasteiger partial charge in [0.1, 0.15) is 0 Å². The molecule has 0 aliphatic rings. The van der Waals surface area contributed by atoms with Crippen molar-refractivity contribution < 1.29 is 4.79 Å². The molecule has 14 heavy (non-hydrogen) atoms. The van der Waals surface area contributed by atoms with Crippen molar-refractivity contribution in [2.24, 2.45) is 5.73 Å². The van der Waals surface area contributed by atoms with Gasteiger partial charge in [0.15, 0.2) is 0 Å². The van der Waals surface area contributed by atoms with Gasteiger partial charge in [0.25, 0.3) is 0 Å². The Hall–Kier alpha value is -1.77. The Balaban J connectivity index is 2.45. The Morgan fingerprint density at radius 1 is 1.43 bits per heavy atom. The summed E-state index contributed by atoms with van der Waals surface area (Å²) in [6.45, 7) is 2.52. The largest absolute Gasteiger partial charge is 0.384 e. The number of allylic oxidation sites excluding steroid dienone is 1. The lowest BCUT2D eigenvalue weighted by atomic mass is 10.2. The van der Waals surface area contributed by atoms with Crippen LogP contribution in [0.4, 0.5) is 0 Å². The predicted octanol–water partition coefficient (Wildman–Crippen LogP) is 1.17. The Bertz CT molecular complexity index is 330. The smallest absolute Gasteiger partial charge is 0.243 e. The second kappa shape index (κ2) is 5.07. The van der Waals surface area contributed by atoms with Gasteiger partial charge >= 0.3 is 0 Å². The van der Waals surface area contributed by atoms with Crippen molar-refractivity contribution in [3.05, 3.63) is 47.7 Å². The molecule has 0 aliphatic heterocycles.